The van der Waals surface area contributed by atoms with Crippen molar-refractivity contribution in [2.24, 2.45) is 0 Å². The van der Waals surface area contributed by atoms with Crippen LogP contribution in [0.3, 0.4) is 0 Å². The Labute approximate surface area is 147 Å². The van der Waals surface area contributed by atoms with Crippen molar-refractivity contribution in [3.8, 4) is 11.1 Å². The van der Waals surface area contributed by atoms with Gasteiger partial charge in [-0.3, -0.25) is 4.79 Å². The van der Waals surface area contributed by atoms with Crippen molar-refractivity contribution in [2.75, 3.05) is 0 Å². The first-order chi connectivity index (χ1) is 11.6. The lowest BCUT2D eigenvalue weighted by Gasteiger charge is -2.08. The van der Waals surface area contributed by atoms with Crippen LogP contribution < -0.4 is 5.32 Å². The highest BCUT2D eigenvalue weighted by atomic mass is 35.5. The SMILES string of the molecule is Cc1ccccc1-c1ccc(C(=O)NCc2cccc(Cl)c2)cc1. The van der Waals surface area contributed by atoms with Crippen LogP contribution >= 0.6 is 11.6 Å². The summed E-state index contributed by atoms with van der Waals surface area (Å²) >= 11 is 5.95. The standard InChI is InChI=1S/C21H18ClNO/c1-15-5-2-3-8-20(15)17-9-11-18(12-10-17)21(24)23-14-16-6-4-7-19(22)13-16/h2-13H,14H2,1H3,(H,23,24). The Morgan fingerprint density at radius 2 is 1.71 bits per heavy atom. The summed E-state index contributed by atoms with van der Waals surface area (Å²) in [4.78, 5) is 12.3. The second kappa shape index (κ2) is 7.33. The van der Waals surface area contributed by atoms with Crippen molar-refractivity contribution in [2.45, 2.75) is 13.5 Å². The molecule has 2 nitrogen and oxygen atoms in total. The monoisotopic (exact) mass is 335 g/mol. The van der Waals surface area contributed by atoms with Crippen LogP contribution in [0, 0.1) is 6.92 Å². The predicted molar refractivity (Wildman–Crippen MR) is 99.2 cm³/mol. The molecule has 0 bridgehead atoms. The summed E-state index contributed by atoms with van der Waals surface area (Å²) in [5.41, 5.74) is 5.14. The van der Waals surface area contributed by atoms with Crippen molar-refractivity contribution in [1.29, 1.82) is 0 Å². The molecule has 1 amide bonds. The van der Waals surface area contributed by atoms with E-state index in [1.54, 1.807) is 0 Å². The van der Waals surface area contributed by atoms with E-state index < -0.39 is 0 Å². The number of benzene rings is 3. The average Bonchev–Trinajstić information content (AvgIpc) is 2.60. The number of aryl methyl sites for hydroxylation is 1. The van der Waals surface area contributed by atoms with E-state index >= 15 is 0 Å². The number of hydrogen-bond acceptors (Lipinski definition) is 1. The number of amides is 1. The molecule has 0 aromatic heterocycles. The van der Waals surface area contributed by atoms with Crippen LogP contribution in [-0.2, 0) is 6.54 Å². The van der Waals surface area contributed by atoms with Gasteiger partial charge in [0.25, 0.3) is 5.91 Å². The molecule has 120 valence electrons. The zero-order valence-electron chi connectivity index (χ0n) is 13.4. The number of halogens is 1. The Morgan fingerprint density at radius 3 is 2.42 bits per heavy atom. The fraction of sp³-hybridized carbons (Fsp3) is 0.0952. The van der Waals surface area contributed by atoms with Gasteiger partial charge in [0.15, 0.2) is 0 Å². The summed E-state index contributed by atoms with van der Waals surface area (Å²) in [7, 11) is 0. The number of hydrogen-bond donors (Lipinski definition) is 1. The summed E-state index contributed by atoms with van der Waals surface area (Å²) in [5, 5.41) is 3.59. The molecule has 3 rings (SSSR count). The lowest BCUT2D eigenvalue weighted by atomic mass is 9.99. The Hall–Kier alpha value is -2.58. The fourth-order valence-electron chi connectivity index (χ4n) is 2.63. The third-order valence-corrected chi connectivity index (χ3v) is 4.18. The molecule has 0 saturated heterocycles. The van der Waals surface area contributed by atoms with E-state index in [1.165, 1.54) is 11.1 Å². The number of carbonyl (C=O) groups excluding carboxylic acids is 1. The first-order valence-electron chi connectivity index (χ1n) is 7.82. The normalized spacial score (nSPS) is 10.4. The van der Waals surface area contributed by atoms with Gasteiger partial charge in [-0.05, 0) is 53.4 Å². The maximum absolute atomic E-state index is 12.3. The molecule has 0 unspecified atom stereocenters. The van der Waals surface area contributed by atoms with Crippen LogP contribution in [-0.4, -0.2) is 5.91 Å². The fourth-order valence-corrected chi connectivity index (χ4v) is 2.84. The van der Waals surface area contributed by atoms with Crippen LogP contribution in [0.1, 0.15) is 21.5 Å². The Morgan fingerprint density at radius 1 is 0.958 bits per heavy atom. The summed E-state index contributed by atoms with van der Waals surface area (Å²) in [6, 6.07) is 23.4. The number of nitrogens with one attached hydrogen (secondary N) is 1. The predicted octanol–water partition coefficient (Wildman–Crippen LogP) is 5.25. The molecular weight excluding hydrogens is 318 g/mol. The third-order valence-electron chi connectivity index (χ3n) is 3.95. The number of rotatable bonds is 4. The van der Waals surface area contributed by atoms with Crippen LogP contribution in [0.5, 0.6) is 0 Å². The van der Waals surface area contributed by atoms with E-state index in [4.69, 9.17) is 11.6 Å². The highest BCUT2D eigenvalue weighted by Gasteiger charge is 2.07. The molecule has 1 N–H and O–H groups in total. The van der Waals surface area contributed by atoms with Crippen molar-refractivity contribution >= 4 is 17.5 Å². The van der Waals surface area contributed by atoms with Crippen LogP contribution in [0.2, 0.25) is 5.02 Å². The summed E-state index contributed by atoms with van der Waals surface area (Å²) in [6.45, 7) is 2.54. The van der Waals surface area contributed by atoms with E-state index in [2.05, 4.69) is 24.4 Å². The molecular formula is C21H18ClNO. The Bertz CT molecular complexity index is 856. The lowest BCUT2D eigenvalue weighted by Crippen LogP contribution is -2.22. The van der Waals surface area contributed by atoms with Crippen molar-refractivity contribution in [3.05, 3.63) is 94.5 Å². The van der Waals surface area contributed by atoms with Crippen molar-refractivity contribution < 1.29 is 4.79 Å². The second-order valence-corrected chi connectivity index (χ2v) is 6.14. The molecule has 24 heavy (non-hydrogen) atoms. The quantitative estimate of drug-likeness (QED) is 0.693. The maximum Gasteiger partial charge on any atom is 0.251 e. The second-order valence-electron chi connectivity index (χ2n) is 5.70. The minimum absolute atomic E-state index is 0.0914. The smallest absolute Gasteiger partial charge is 0.251 e. The summed E-state index contributed by atoms with van der Waals surface area (Å²) in [6.07, 6.45) is 0. The molecule has 0 aliphatic rings. The minimum atomic E-state index is -0.0914. The molecule has 0 heterocycles. The largest absolute Gasteiger partial charge is 0.348 e. The molecule has 3 aromatic carbocycles. The van der Waals surface area contributed by atoms with E-state index in [1.807, 2.05) is 60.7 Å². The molecule has 3 aromatic rings. The Balaban J connectivity index is 1.69. The van der Waals surface area contributed by atoms with Gasteiger partial charge in [0, 0.05) is 17.1 Å². The first kappa shape index (κ1) is 16.3. The summed E-state index contributed by atoms with van der Waals surface area (Å²) < 4.78 is 0. The van der Waals surface area contributed by atoms with E-state index in [0.717, 1.165) is 11.1 Å². The maximum atomic E-state index is 12.3. The van der Waals surface area contributed by atoms with Gasteiger partial charge < -0.3 is 5.32 Å². The van der Waals surface area contributed by atoms with Gasteiger partial charge in [0.1, 0.15) is 0 Å². The van der Waals surface area contributed by atoms with Gasteiger partial charge in [0.05, 0.1) is 0 Å². The van der Waals surface area contributed by atoms with Crippen LogP contribution in [0.15, 0.2) is 72.8 Å². The van der Waals surface area contributed by atoms with Gasteiger partial charge in [-0.2, -0.15) is 0 Å². The highest BCUT2D eigenvalue weighted by Crippen LogP contribution is 2.23. The molecule has 0 spiro atoms. The molecule has 0 radical (unpaired) electrons. The van der Waals surface area contributed by atoms with Crippen LogP contribution in [0.4, 0.5) is 0 Å². The molecule has 0 aliphatic heterocycles. The first-order valence-corrected chi connectivity index (χ1v) is 8.20. The van der Waals surface area contributed by atoms with Gasteiger partial charge in [-0.1, -0.05) is 60.1 Å². The average molecular weight is 336 g/mol. The van der Waals surface area contributed by atoms with Gasteiger partial charge in [-0.15, -0.1) is 0 Å². The molecule has 0 fully saturated rings. The lowest BCUT2D eigenvalue weighted by molar-refractivity contribution is 0.0951. The topological polar surface area (TPSA) is 29.1 Å². The van der Waals surface area contributed by atoms with Gasteiger partial charge in [0.2, 0.25) is 0 Å². The minimum Gasteiger partial charge on any atom is -0.348 e. The molecule has 0 saturated carbocycles. The molecule has 3 heteroatoms. The highest BCUT2D eigenvalue weighted by molar-refractivity contribution is 6.30. The van der Waals surface area contributed by atoms with Gasteiger partial charge in [-0.25, -0.2) is 0 Å². The van der Waals surface area contributed by atoms with E-state index in [-0.39, 0.29) is 5.91 Å². The van der Waals surface area contributed by atoms with Crippen molar-refractivity contribution in [1.82, 2.24) is 5.32 Å². The van der Waals surface area contributed by atoms with Crippen LogP contribution in [0.25, 0.3) is 11.1 Å². The van der Waals surface area contributed by atoms with E-state index in [0.29, 0.717) is 17.1 Å². The number of carbonyl (C=O) groups is 1. The van der Waals surface area contributed by atoms with Crippen molar-refractivity contribution in [3.63, 3.8) is 0 Å². The Kier molecular flexibility index (Phi) is 4.97. The molecule has 0 atom stereocenters. The van der Waals surface area contributed by atoms with Gasteiger partial charge >= 0.3 is 0 Å². The zero-order chi connectivity index (χ0) is 16.9. The van der Waals surface area contributed by atoms with E-state index in [9.17, 15) is 4.79 Å². The zero-order valence-corrected chi connectivity index (χ0v) is 14.2. The third kappa shape index (κ3) is 3.84. The molecule has 0 aliphatic carbocycles. The summed E-state index contributed by atoms with van der Waals surface area (Å²) in [5.74, 6) is -0.0914.